The molecule has 2 nitrogen and oxygen atoms in total. The Kier molecular flexibility index (Phi) is 2.26. The Morgan fingerprint density at radius 1 is 1.36 bits per heavy atom. The van der Waals surface area contributed by atoms with Gasteiger partial charge in [-0.3, -0.25) is 0 Å². The Morgan fingerprint density at radius 2 is 1.91 bits per heavy atom. The summed E-state index contributed by atoms with van der Waals surface area (Å²) in [5.41, 5.74) is 6.08. The van der Waals surface area contributed by atoms with E-state index < -0.39 is 0 Å². The van der Waals surface area contributed by atoms with Gasteiger partial charge in [0.1, 0.15) is 0 Å². The number of ether oxygens (including phenoxy) is 1. The third kappa shape index (κ3) is 1.74. The summed E-state index contributed by atoms with van der Waals surface area (Å²) >= 11 is 0. The van der Waals surface area contributed by atoms with E-state index in [0.29, 0.717) is 18.1 Å². The second kappa shape index (κ2) is 2.76. The fourth-order valence-electron chi connectivity index (χ4n) is 1.87. The van der Waals surface area contributed by atoms with Crippen molar-refractivity contribution in [3.63, 3.8) is 0 Å². The van der Waals surface area contributed by atoms with Crippen molar-refractivity contribution >= 4 is 0 Å². The van der Waals surface area contributed by atoms with Crippen LogP contribution in [0.25, 0.3) is 0 Å². The van der Waals surface area contributed by atoms with E-state index in [1.165, 1.54) is 0 Å². The molecular weight excluding hydrogens is 138 g/mol. The van der Waals surface area contributed by atoms with Gasteiger partial charge < -0.3 is 10.5 Å². The summed E-state index contributed by atoms with van der Waals surface area (Å²) in [6.45, 7) is 8.47. The third-order valence-corrected chi connectivity index (χ3v) is 2.92. The molecule has 0 aromatic heterocycles. The first-order valence-electron chi connectivity index (χ1n) is 4.38. The summed E-state index contributed by atoms with van der Waals surface area (Å²) in [6, 6.07) is 0. The molecule has 0 saturated carbocycles. The maximum atomic E-state index is 6.12. The molecule has 0 radical (unpaired) electrons. The molecule has 66 valence electrons. The SMILES string of the molecule is CC1C[C@](C)(N)[C@H](C)[C@H](C)O1. The van der Waals surface area contributed by atoms with Crippen LogP contribution in [-0.4, -0.2) is 17.7 Å². The van der Waals surface area contributed by atoms with Crippen molar-refractivity contribution in [3.8, 4) is 0 Å². The second-order valence-corrected chi connectivity index (χ2v) is 4.15. The molecule has 1 fully saturated rings. The van der Waals surface area contributed by atoms with Crippen molar-refractivity contribution in [2.24, 2.45) is 11.7 Å². The van der Waals surface area contributed by atoms with Gasteiger partial charge in [0, 0.05) is 5.54 Å². The van der Waals surface area contributed by atoms with Crippen molar-refractivity contribution in [2.45, 2.75) is 51.9 Å². The molecule has 1 saturated heterocycles. The van der Waals surface area contributed by atoms with E-state index >= 15 is 0 Å². The third-order valence-electron chi connectivity index (χ3n) is 2.92. The quantitative estimate of drug-likeness (QED) is 0.579. The minimum absolute atomic E-state index is 0.0446. The first-order valence-corrected chi connectivity index (χ1v) is 4.38. The highest BCUT2D eigenvalue weighted by Crippen LogP contribution is 2.31. The highest BCUT2D eigenvalue weighted by atomic mass is 16.5. The van der Waals surface area contributed by atoms with Crippen molar-refractivity contribution in [1.82, 2.24) is 0 Å². The van der Waals surface area contributed by atoms with Crippen LogP contribution in [0.15, 0.2) is 0 Å². The van der Waals surface area contributed by atoms with Crippen LogP contribution in [0.5, 0.6) is 0 Å². The highest BCUT2D eigenvalue weighted by molar-refractivity contribution is 4.93. The summed E-state index contributed by atoms with van der Waals surface area (Å²) in [7, 11) is 0. The van der Waals surface area contributed by atoms with Gasteiger partial charge in [0.05, 0.1) is 12.2 Å². The van der Waals surface area contributed by atoms with E-state index in [9.17, 15) is 0 Å². The molecular formula is C9H19NO. The molecule has 0 aliphatic carbocycles. The van der Waals surface area contributed by atoms with Gasteiger partial charge in [0.25, 0.3) is 0 Å². The van der Waals surface area contributed by atoms with Gasteiger partial charge in [-0.25, -0.2) is 0 Å². The summed E-state index contributed by atoms with van der Waals surface area (Å²) in [5, 5.41) is 0. The van der Waals surface area contributed by atoms with Crippen LogP contribution in [-0.2, 0) is 4.74 Å². The molecule has 1 aliphatic rings. The number of nitrogens with two attached hydrogens (primary N) is 1. The molecule has 0 spiro atoms. The second-order valence-electron chi connectivity index (χ2n) is 4.15. The molecule has 1 rings (SSSR count). The Labute approximate surface area is 69.1 Å². The van der Waals surface area contributed by atoms with Crippen molar-refractivity contribution in [3.05, 3.63) is 0 Å². The van der Waals surface area contributed by atoms with E-state index in [4.69, 9.17) is 10.5 Å². The fraction of sp³-hybridized carbons (Fsp3) is 1.00. The van der Waals surface area contributed by atoms with Gasteiger partial charge in [-0.15, -0.1) is 0 Å². The zero-order chi connectivity index (χ0) is 8.65. The molecule has 1 aliphatic heterocycles. The number of hydrogen-bond donors (Lipinski definition) is 1. The van der Waals surface area contributed by atoms with Crippen LogP contribution in [0.4, 0.5) is 0 Å². The van der Waals surface area contributed by atoms with Crippen LogP contribution in [0, 0.1) is 5.92 Å². The molecule has 0 amide bonds. The van der Waals surface area contributed by atoms with E-state index in [2.05, 4.69) is 27.7 Å². The standard InChI is InChI=1S/C9H19NO/c1-6-5-9(4,10)7(2)8(3)11-6/h6-8H,5,10H2,1-4H3/t6?,7-,8+,9+/m1/s1. The van der Waals surface area contributed by atoms with Crippen molar-refractivity contribution in [2.75, 3.05) is 0 Å². The minimum atomic E-state index is -0.0446. The Bertz CT molecular complexity index is 144. The maximum Gasteiger partial charge on any atom is 0.0593 e. The van der Waals surface area contributed by atoms with Crippen molar-refractivity contribution in [1.29, 1.82) is 0 Å². The minimum Gasteiger partial charge on any atom is -0.375 e. The Hall–Kier alpha value is -0.0800. The normalized spacial score (nSPS) is 52.6. The maximum absolute atomic E-state index is 6.12. The average Bonchev–Trinajstić information content (AvgIpc) is 1.81. The number of rotatable bonds is 0. The highest BCUT2D eigenvalue weighted by Gasteiger charge is 2.37. The van der Waals surface area contributed by atoms with Crippen LogP contribution in [0.2, 0.25) is 0 Å². The van der Waals surface area contributed by atoms with Gasteiger partial charge in [0.2, 0.25) is 0 Å². The zero-order valence-corrected chi connectivity index (χ0v) is 7.92. The fourth-order valence-corrected chi connectivity index (χ4v) is 1.87. The molecule has 0 aromatic rings. The lowest BCUT2D eigenvalue weighted by Gasteiger charge is -2.43. The van der Waals surface area contributed by atoms with Gasteiger partial charge >= 0.3 is 0 Å². The summed E-state index contributed by atoms with van der Waals surface area (Å²) < 4.78 is 5.65. The summed E-state index contributed by atoms with van der Waals surface area (Å²) in [4.78, 5) is 0. The first-order chi connectivity index (χ1) is 4.93. The molecule has 11 heavy (non-hydrogen) atoms. The lowest BCUT2D eigenvalue weighted by atomic mass is 9.78. The first kappa shape index (κ1) is 9.01. The topological polar surface area (TPSA) is 35.2 Å². The molecule has 2 N–H and O–H groups in total. The molecule has 1 heterocycles. The van der Waals surface area contributed by atoms with E-state index in [1.54, 1.807) is 0 Å². The monoisotopic (exact) mass is 157 g/mol. The van der Waals surface area contributed by atoms with Gasteiger partial charge in [-0.1, -0.05) is 6.92 Å². The van der Waals surface area contributed by atoms with Gasteiger partial charge in [-0.2, -0.15) is 0 Å². The van der Waals surface area contributed by atoms with Gasteiger partial charge in [-0.05, 0) is 33.1 Å². The lowest BCUT2D eigenvalue weighted by molar-refractivity contribution is -0.0917. The van der Waals surface area contributed by atoms with E-state index in [1.807, 2.05) is 0 Å². The molecule has 2 heteroatoms. The summed E-state index contributed by atoms with van der Waals surface area (Å²) in [6.07, 6.45) is 1.59. The smallest absolute Gasteiger partial charge is 0.0593 e. The summed E-state index contributed by atoms with van der Waals surface area (Å²) in [5.74, 6) is 0.457. The Balaban J connectivity index is 2.67. The van der Waals surface area contributed by atoms with Crippen LogP contribution in [0.3, 0.4) is 0 Å². The number of hydrogen-bond acceptors (Lipinski definition) is 2. The van der Waals surface area contributed by atoms with E-state index in [0.717, 1.165) is 6.42 Å². The van der Waals surface area contributed by atoms with Crippen molar-refractivity contribution < 1.29 is 4.74 Å². The average molecular weight is 157 g/mol. The van der Waals surface area contributed by atoms with Crippen LogP contribution in [0.1, 0.15) is 34.1 Å². The predicted molar refractivity (Wildman–Crippen MR) is 46.4 cm³/mol. The molecule has 0 aromatic carbocycles. The van der Waals surface area contributed by atoms with Gasteiger partial charge in [0.15, 0.2) is 0 Å². The van der Waals surface area contributed by atoms with Crippen LogP contribution >= 0.6 is 0 Å². The zero-order valence-electron chi connectivity index (χ0n) is 7.92. The van der Waals surface area contributed by atoms with E-state index in [-0.39, 0.29) is 5.54 Å². The largest absolute Gasteiger partial charge is 0.375 e. The Morgan fingerprint density at radius 3 is 2.36 bits per heavy atom. The molecule has 4 atom stereocenters. The predicted octanol–water partition coefficient (Wildman–Crippen LogP) is 1.54. The van der Waals surface area contributed by atoms with Crippen LogP contribution < -0.4 is 5.73 Å². The molecule has 1 unspecified atom stereocenters. The lowest BCUT2D eigenvalue weighted by Crippen LogP contribution is -2.54. The molecule has 0 bridgehead atoms.